The predicted octanol–water partition coefficient (Wildman–Crippen LogP) is 1.62. The van der Waals surface area contributed by atoms with Gasteiger partial charge in [0.2, 0.25) is 0 Å². The fourth-order valence-corrected chi connectivity index (χ4v) is 2.48. The molecule has 0 aromatic heterocycles. The van der Waals surface area contributed by atoms with Crippen molar-refractivity contribution in [1.82, 2.24) is 5.32 Å². The Morgan fingerprint density at radius 2 is 2.30 bits per heavy atom. The van der Waals surface area contributed by atoms with Crippen LogP contribution in [0.25, 0.3) is 5.57 Å². The van der Waals surface area contributed by atoms with Crippen LogP contribution >= 0.6 is 0 Å². The number of hydrogen-bond donors (Lipinski definition) is 2. The van der Waals surface area contributed by atoms with Crippen molar-refractivity contribution < 1.29 is 4.39 Å². The number of benzene rings is 1. The molecule has 1 atom stereocenters. The monoisotopic (exact) mass is 276 g/mol. The Balaban J connectivity index is 2.37. The second kappa shape index (κ2) is 6.52. The van der Waals surface area contributed by atoms with E-state index in [-0.39, 0.29) is 5.82 Å². The average Bonchev–Trinajstić information content (AvgIpc) is 2.44. The average molecular weight is 276 g/mol. The highest BCUT2D eigenvalue weighted by atomic mass is 19.1. The lowest BCUT2D eigenvalue weighted by atomic mass is 10.0. The molecule has 1 heterocycles. The molecule has 1 aromatic rings. The third-order valence-corrected chi connectivity index (χ3v) is 3.50. The minimum absolute atomic E-state index is 0.257. The zero-order valence-corrected chi connectivity index (χ0v) is 11.9. The zero-order valence-electron chi connectivity index (χ0n) is 11.9. The molecular formula is C15H21FN4. The van der Waals surface area contributed by atoms with Crippen LogP contribution in [0.5, 0.6) is 0 Å². The SMILES string of the molecule is CN=C/C(=C\N)c1cc(F)cc(N2CCNC[C@@H]2C)c1. The fourth-order valence-electron chi connectivity index (χ4n) is 2.48. The number of piperazine rings is 1. The van der Waals surface area contributed by atoms with E-state index in [0.717, 1.165) is 36.5 Å². The van der Waals surface area contributed by atoms with Crippen molar-refractivity contribution in [1.29, 1.82) is 0 Å². The maximum Gasteiger partial charge on any atom is 0.125 e. The smallest absolute Gasteiger partial charge is 0.125 e. The van der Waals surface area contributed by atoms with Gasteiger partial charge in [0.25, 0.3) is 0 Å². The number of nitrogens with one attached hydrogen (secondary N) is 1. The van der Waals surface area contributed by atoms with Crippen molar-refractivity contribution >= 4 is 17.5 Å². The van der Waals surface area contributed by atoms with Crippen molar-refractivity contribution in [2.75, 3.05) is 31.6 Å². The van der Waals surface area contributed by atoms with E-state index in [4.69, 9.17) is 5.73 Å². The minimum atomic E-state index is -0.257. The molecule has 0 spiro atoms. The number of allylic oxidation sites excluding steroid dienone is 1. The molecule has 0 aliphatic carbocycles. The van der Waals surface area contributed by atoms with Gasteiger partial charge in [-0.25, -0.2) is 4.39 Å². The molecule has 20 heavy (non-hydrogen) atoms. The summed E-state index contributed by atoms with van der Waals surface area (Å²) in [5, 5.41) is 3.33. The summed E-state index contributed by atoms with van der Waals surface area (Å²) in [6.45, 7) is 4.81. The van der Waals surface area contributed by atoms with Gasteiger partial charge in [0.1, 0.15) is 5.82 Å². The second-order valence-electron chi connectivity index (χ2n) is 4.95. The van der Waals surface area contributed by atoms with Crippen LogP contribution in [-0.4, -0.2) is 38.9 Å². The third-order valence-electron chi connectivity index (χ3n) is 3.50. The second-order valence-corrected chi connectivity index (χ2v) is 4.95. The molecule has 0 amide bonds. The van der Waals surface area contributed by atoms with Gasteiger partial charge >= 0.3 is 0 Å². The van der Waals surface area contributed by atoms with Crippen LogP contribution in [0.15, 0.2) is 29.4 Å². The highest BCUT2D eigenvalue weighted by molar-refractivity contribution is 6.09. The topological polar surface area (TPSA) is 53.6 Å². The Bertz CT molecular complexity index is 525. The van der Waals surface area contributed by atoms with Gasteiger partial charge in [-0.05, 0) is 30.7 Å². The van der Waals surface area contributed by atoms with Crippen LogP contribution in [0.4, 0.5) is 10.1 Å². The Hall–Kier alpha value is -1.88. The van der Waals surface area contributed by atoms with Crippen LogP contribution in [0.3, 0.4) is 0 Å². The third kappa shape index (κ3) is 3.17. The van der Waals surface area contributed by atoms with Crippen LogP contribution in [0.2, 0.25) is 0 Å². The zero-order chi connectivity index (χ0) is 14.5. The van der Waals surface area contributed by atoms with E-state index in [1.54, 1.807) is 19.3 Å². The molecule has 1 fully saturated rings. The van der Waals surface area contributed by atoms with Crippen LogP contribution in [0.1, 0.15) is 12.5 Å². The molecule has 0 bridgehead atoms. The summed E-state index contributed by atoms with van der Waals surface area (Å²) in [7, 11) is 1.67. The number of nitrogens with two attached hydrogens (primary N) is 1. The van der Waals surface area contributed by atoms with Crippen LogP contribution < -0.4 is 16.0 Å². The van der Waals surface area contributed by atoms with Crippen LogP contribution in [-0.2, 0) is 0 Å². The normalized spacial score (nSPS) is 20.6. The van der Waals surface area contributed by atoms with Gasteiger partial charge in [0, 0.05) is 56.4 Å². The summed E-state index contributed by atoms with van der Waals surface area (Å²) in [5.74, 6) is -0.257. The van der Waals surface area contributed by atoms with Gasteiger partial charge in [0.15, 0.2) is 0 Å². The first-order valence-electron chi connectivity index (χ1n) is 6.78. The number of aliphatic imine (C=N–C) groups is 1. The van der Waals surface area contributed by atoms with Gasteiger partial charge in [-0.2, -0.15) is 0 Å². The van der Waals surface area contributed by atoms with Crippen molar-refractivity contribution in [3.8, 4) is 0 Å². The molecule has 108 valence electrons. The predicted molar refractivity (Wildman–Crippen MR) is 82.7 cm³/mol. The number of nitrogens with zero attached hydrogens (tertiary/aromatic N) is 2. The number of anilines is 1. The van der Waals surface area contributed by atoms with E-state index in [1.165, 1.54) is 12.3 Å². The molecule has 3 N–H and O–H groups in total. The fraction of sp³-hybridized carbons (Fsp3) is 0.400. The first kappa shape index (κ1) is 14.5. The van der Waals surface area contributed by atoms with Gasteiger partial charge < -0.3 is 16.0 Å². The van der Waals surface area contributed by atoms with E-state index in [2.05, 4.69) is 22.1 Å². The van der Waals surface area contributed by atoms with E-state index in [9.17, 15) is 4.39 Å². The first-order valence-corrected chi connectivity index (χ1v) is 6.78. The van der Waals surface area contributed by atoms with Gasteiger partial charge in [-0.3, -0.25) is 4.99 Å². The Morgan fingerprint density at radius 1 is 1.50 bits per heavy atom. The summed E-state index contributed by atoms with van der Waals surface area (Å²) in [5.41, 5.74) is 7.95. The molecule has 4 nitrogen and oxygen atoms in total. The maximum atomic E-state index is 13.9. The highest BCUT2D eigenvalue weighted by Crippen LogP contribution is 2.24. The summed E-state index contributed by atoms with van der Waals surface area (Å²) in [6, 6.07) is 5.36. The summed E-state index contributed by atoms with van der Waals surface area (Å²) in [6.07, 6.45) is 3.09. The lowest BCUT2D eigenvalue weighted by Gasteiger charge is -2.36. The van der Waals surface area contributed by atoms with E-state index in [1.807, 2.05) is 6.07 Å². The molecule has 1 saturated heterocycles. The number of hydrogen-bond acceptors (Lipinski definition) is 4. The lowest BCUT2D eigenvalue weighted by molar-refractivity contribution is 0.499. The highest BCUT2D eigenvalue weighted by Gasteiger charge is 2.19. The summed E-state index contributed by atoms with van der Waals surface area (Å²) in [4.78, 5) is 6.16. The molecule has 1 aromatic carbocycles. The van der Waals surface area contributed by atoms with Crippen LogP contribution in [0, 0.1) is 5.82 Å². The standard InChI is InChI=1S/C15H21FN4/c1-11-9-19-3-4-20(11)15-6-12(5-14(16)7-15)13(8-17)10-18-2/h5-8,10-11,19H,3-4,9,17H2,1-2H3/b13-8+,18-10?/t11-/m0/s1. The van der Waals surface area contributed by atoms with Crippen molar-refractivity contribution in [2.24, 2.45) is 10.7 Å². The van der Waals surface area contributed by atoms with Gasteiger partial charge in [0.05, 0.1) is 0 Å². The molecular weight excluding hydrogens is 255 g/mol. The molecule has 5 heteroatoms. The van der Waals surface area contributed by atoms with Gasteiger partial charge in [-0.1, -0.05) is 0 Å². The molecule has 0 unspecified atom stereocenters. The first-order chi connectivity index (χ1) is 9.65. The van der Waals surface area contributed by atoms with E-state index < -0.39 is 0 Å². The summed E-state index contributed by atoms with van der Waals surface area (Å²) < 4.78 is 13.9. The molecule has 1 aliphatic heterocycles. The summed E-state index contributed by atoms with van der Waals surface area (Å²) >= 11 is 0. The quantitative estimate of drug-likeness (QED) is 0.825. The molecule has 1 aliphatic rings. The molecule has 0 radical (unpaired) electrons. The van der Waals surface area contributed by atoms with Crippen molar-refractivity contribution in [3.63, 3.8) is 0 Å². The maximum absolute atomic E-state index is 13.9. The minimum Gasteiger partial charge on any atom is -0.404 e. The van der Waals surface area contributed by atoms with Crippen molar-refractivity contribution in [2.45, 2.75) is 13.0 Å². The molecule has 2 rings (SSSR count). The Labute approximate surface area is 119 Å². The van der Waals surface area contributed by atoms with E-state index in [0.29, 0.717) is 6.04 Å². The van der Waals surface area contributed by atoms with E-state index >= 15 is 0 Å². The van der Waals surface area contributed by atoms with Crippen molar-refractivity contribution in [3.05, 3.63) is 35.8 Å². The lowest BCUT2D eigenvalue weighted by Crippen LogP contribution is -2.50. The van der Waals surface area contributed by atoms with Gasteiger partial charge in [-0.15, -0.1) is 0 Å². The number of rotatable bonds is 3. The largest absolute Gasteiger partial charge is 0.404 e. The Morgan fingerprint density at radius 3 is 2.95 bits per heavy atom. The number of halogens is 1. The molecule has 0 saturated carbocycles. The Kier molecular flexibility index (Phi) is 4.74.